The van der Waals surface area contributed by atoms with Gasteiger partial charge in [0.05, 0.1) is 0 Å². The highest BCUT2D eigenvalue weighted by atomic mass is 16.2. The SMILES string of the molecule is CN1CCC2(CC1)CCN(C(=O)c1cccc(-c3ncn[nH]3)c1)C2. The zero-order valence-electron chi connectivity index (χ0n) is 14.0. The number of aromatic nitrogens is 3. The molecule has 4 rings (SSSR count). The van der Waals surface area contributed by atoms with Crippen LogP contribution >= 0.6 is 0 Å². The molecular weight excluding hydrogens is 302 g/mol. The van der Waals surface area contributed by atoms with Crippen LogP contribution in [0, 0.1) is 5.41 Å². The summed E-state index contributed by atoms with van der Waals surface area (Å²) in [6.07, 6.45) is 5.01. The minimum Gasteiger partial charge on any atom is -0.338 e. The number of amides is 1. The largest absolute Gasteiger partial charge is 0.338 e. The summed E-state index contributed by atoms with van der Waals surface area (Å²) in [4.78, 5) is 21.5. The van der Waals surface area contributed by atoms with Gasteiger partial charge in [0.15, 0.2) is 5.82 Å². The molecule has 0 bridgehead atoms. The van der Waals surface area contributed by atoms with Crippen molar-refractivity contribution < 1.29 is 4.79 Å². The van der Waals surface area contributed by atoms with Gasteiger partial charge in [-0.1, -0.05) is 12.1 Å². The number of nitrogens with one attached hydrogen (secondary N) is 1. The number of aromatic amines is 1. The van der Waals surface area contributed by atoms with Crippen molar-refractivity contribution in [1.82, 2.24) is 25.0 Å². The van der Waals surface area contributed by atoms with Crippen LogP contribution in [0.15, 0.2) is 30.6 Å². The zero-order valence-corrected chi connectivity index (χ0v) is 14.0. The molecule has 0 unspecified atom stereocenters. The molecule has 2 saturated heterocycles. The van der Waals surface area contributed by atoms with Crippen molar-refractivity contribution in [2.75, 3.05) is 33.2 Å². The number of likely N-dealkylation sites (tertiary alicyclic amines) is 2. The average Bonchev–Trinajstić information content (AvgIpc) is 3.28. The Balaban J connectivity index is 1.50. The van der Waals surface area contributed by atoms with Crippen LogP contribution in [-0.4, -0.2) is 64.1 Å². The van der Waals surface area contributed by atoms with Gasteiger partial charge in [0.2, 0.25) is 0 Å². The number of carbonyl (C=O) groups excluding carboxylic acids is 1. The van der Waals surface area contributed by atoms with Crippen molar-refractivity contribution >= 4 is 5.91 Å². The lowest BCUT2D eigenvalue weighted by molar-refractivity contribution is 0.0736. The molecule has 0 radical (unpaired) electrons. The van der Waals surface area contributed by atoms with Crippen molar-refractivity contribution in [3.63, 3.8) is 0 Å². The lowest BCUT2D eigenvalue weighted by Crippen LogP contribution is -2.40. The molecule has 1 amide bonds. The van der Waals surface area contributed by atoms with Crippen LogP contribution < -0.4 is 0 Å². The van der Waals surface area contributed by atoms with Crippen LogP contribution in [-0.2, 0) is 0 Å². The van der Waals surface area contributed by atoms with Gasteiger partial charge in [-0.05, 0) is 56.9 Å². The number of benzene rings is 1. The van der Waals surface area contributed by atoms with Gasteiger partial charge in [0, 0.05) is 24.2 Å². The third-order valence-electron chi connectivity index (χ3n) is 5.57. The monoisotopic (exact) mass is 325 g/mol. The Labute approximate surface area is 141 Å². The van der Waals surface area contributed by atoms with Gasteiger partial charge in [-0.3, -0.25) is 9.89 Å². The molecular formula is C18H23N5O. The second-order valence-corrected chi connectivity index (χ2v) is 7.19. The zero-order chi connectivity index (χ0) is 16.6. The molecule has 126 valence electrons. The maximum atomic E-state index is 12.9. The van der Waals surface area contributed by atoms with E-state index in [4.69, 9.17) is 0 Å². The molecule has 1 aromatic heterocycles. The number of carbonyl (C=O) groups is 1. The molecule has 0 atom stereocenters. The summed E-state index contributed by atoms with van der Waals surface area (Å²) in [5, 5.41) is 6.73. The first-order valence-electron chi connectivity index (χ1n) is 8.59. The normalized spacial score (nSPS) is 20.6. The Morgan fingerprint density at radius 3 is 2.75 bits per heavy atom. The summed E-state index contributed by atoms with van der Waals surface area (Å²) in [6.45, 7) is 4.05. The number of nitrogens with zero attached hydrogens (tertiary/aromatic N) is 4. The fraction of sp³-hybridized carbons (Fsp3) is 0.500. The first-order valence-corrected chi connectivity index (χ1v) is 8.59. The molecule has 2 aromatic rings. The lowest BCUT2D eigenvalue weighted by atomic mass is 9.78. The number of hydrogen-bond acceptors (Lipinski definition) is 4. The highest BCUT2D eigenvalue weighted by Gasteiger charge is 2.41. The lowest BCUT2D eigenvalue weighted by Gasteiger charge is -2.37. The van der Waals surface area contributed by atoms with E-state index in [1.165, 1.54) is 19.2 Å². The topological polar surface area (TPSA) is 65.1 Å². The minimum absolute atomic E-state index is 0.132. The summed E-state index contributed by atoms with van der Waals surface area (Å²) in [5.74, 6) is 0.824. The Morgan fingerprint density at radius 1 is 1.21 bits per heavy atom. The van der Waals surface area contributed by atoms with E-state index in [0.717, 1.165) is 43.7 Å². The van der Waals surface area contributed by atoms with E-state index in [0.29, 0.717) is 11.2 Å². The quantitative estimate of drug-likeness (QED) is 0.917. The maximum absolute atomic E-state index is 12.9. The van der Waals surface area contributed by atoms with Gasteiger partial charge in [0.25, 0.3) is 5.91 Å². The number of rotatable bonds is 2. The minimum atomic E-state index is 0.132. The van der Waals surface area contributed by atoms with Crippen LogP contribution in [0.4, 0.5) is 0 Å². The second-order valence-electron chi connectivity index (χ2n) is 7.19. The van der Waals surface area contributed by atoms with E-state index in [2.05, 4.69) is 27.1 Å². The maximum Gasteiger partial charge on any atom is 0.253 e. The summed E-state index contributed by atoms with van der Waals surface area (Å²) in [7, 11) is 2.18. The molecule has 0 aliphatic carbocycles. The fourth-order valence-corrected chi connectivity index (χ4v) is 3.94. The summed E-state index contributed by atoms with van der Waals surface area (Å²) < 4.78 is 0. The van der Waals surface area contributed by atoms with Gasteiger partial charge in [-0.15, -0.1) is 0 Å². The van der Waals surface area contributed by atoms with Crippen molar-refractivity contribution in [2.45, 2.75) is 19.3 Å². The van der Waals surface area contributed by atoms with E-state index in [9.17, 15) is 4.79 Å². The first-order chi connectivity index (χ1) is 11.7. The second kappa shape index (κ2) is 6.02. The van der Waals surface area contributed by atoms with Gasteiger partial charge in [0.1, 0.15) is 6.33 Å². The van der Waals surface area contributed by atoms with Crippen LogP contribution in [0.25, 0.3) is 11.4 Å². The molecule has 1 N–H and O–H groups in total. The van der Waals surface area contributed by atoms with E-state index in [1.54, 1.807) is 0 Å². The van der Waals surface area contributed by atoms with Crippen LogP contribution in [0.5, 0.6) is 0 Å². The summed E-state index contributed by atoms with van der Waals surface area (Å²) >= 11 is 0. The van der Waals surface area contributed by atoms with Crippen molar-refractivity contribution in [1.29, 1.82) is 0 Å². The molecule has 2 fully saturated rings. The molecule has 6 nitrogen and oxygen atoms in total. The van der Waals surface area contributed by atoms with Crippen LogP contribution in [0.3, 0.4) is 0 Å². The number of piperidine rings is 1. The highest BCUT2D eigenvalue weighted by Crippen LogP contribution is 2.40. The average molecular weight is 325 g/mol. The van der Waals surface area contributed by atoms with Gasteiger partial charge in [-0.2, -0.15) is 5.10 Å². The Kier molecular flexibility index (Phi) is 3.84. The van der Waals surface area contributed by atoms with Gasteiger partial charge in [-0.25, -0.2) is 4.98 Å². The predicted octanol–water partition coefficient (Wildman–Crippen LogP) is 2.03. The van der Waals surface area contributed by atoms with Gasteiger partial charge < -0.3 is 9.80 Å². The molecule has 1 aromatic carbocycles. The fourth-order valence-electron chi connectivity index (χ4n) is 3.94. The molecule has 3 heterocycles. The molecule has 0 saturated carbocycles. The first kappa shape index (κ1) is 15.3. The van der Waals surface area contributed by atoms with Crippen molar-refractivity contribution in [3.8, 4) is 11.4 Å². The van der Waals surface area contributed by atoms with Crippen molar-refractivity contribution in [2.24, 2.45) is 5.41 Å². The smallest absolute Gasteiger partial charge is 0.253 e. The van der Waals surface area contributed by atoms with E-state index < -0.39 is 0 Å². The van der Waals surface area contributed by atoms with Gasteiger partial charge >= 0.3 is 0 Å². The molecule has 1 spiro atoms. The number of H-pyrrole nitrogens is 1. The summed E-state index contributed by atoms with van der Waals surface area (Å²) in [6, 6.07) is 7.65. The van der Waals surface area contributed by atoms with Crippen molar-refractivity contribution in [3.05, 3.63) is 36.2 Å². The third-order valence-corrected chi connectivity index (χ3v) is 5.57. The van der Waals surface area contributed by atoms with E-state index in [-0.39, 0.29) is 5.91 Å². The van der Waals surface area contributed by atoms with E-state index >= 15 is 0 Å². The Morgan fingerprint density at radius 2 is 2.00 bits per heavy atom. The molecule has 24 heavy (non-hydrogen) atoms. The Hall–Kier alpha value is -2.21. The molecule has 2 aliphatic rings. The number of hydrogen-bond donors (Lipinski definition) is 1. The van der Waals surface area contributed by atoms with E-state index in [1.807, 2.05) is 29.2 Å². The standard InChI is InChI=1S/C18H23N5O/c1-22-8-5-18(6-9-22)7-10-23(12-18)17(24)15-4-2-3-14(11-15)16-19-13-20-21-16/h2-4,11,13H,5-10,12H2,1H3,(H,19,20,21). The summed E-state index contributed by atoms with van der Waals surface area (Å²) in [5.41, 5.74) is 1.96. The Bertz CT molecular complexity index is 719. The highest BCUT2D eigenvalue weighted by molar-refractivity contribution is 5.95. The third kappa shape index (κ3) is 2.82. The molecule has 2 aliphatic heterocycles. The van der Waals surface area contributed by atoms with Crippen LogP contribution in [0.1, 0.15) is 29.6 Å². The molecule has 6 heteroatoms. The van der Waals surface area contributed by atoms with Crippen LogP contribution in [0.2, 0.25) is 0 Å². The predicted molar refractivity (Wildman–Crippen MR) is 91.5 cm³/mol.